The Morgan fingerprint density at radius 1 is 1.03 bits per heavy atom. The number of anilines is 2. The van der Waals surface area contributed by atoms with E-state index in [1.807, 2.05) is 55.5 Å². The highest BCUT2D eigenvalue weighted by atomic mass is 16.5. The van der Waals surface area contributed by atoms with Gasteiger partial charge in [0.15, 0.2) is 11.5 Å². The van der Waals surface area contributed by atoms with Gasteiger partial charge in [-0.3, -0.25) is 9.48 Å². The minimum Gasteiger partial charge on any atom is -0.497 e. The molecule has 0 aliphatic rings. The number of rotatable bonds is 8. The van der Waals surface area contributed by atoms with Gasteiger partial charge in [-0.05, 0) is 41.8 Å². The zero-order valence-electron chi connectivity index (χ0n) is 18.6. The maximum Gasteiger partial charge on any atom is 0.271 e. The number of carbonyl (C=O) groups is 1. The van der Waals surface area contributed by atoms with Crippen LogP contribution >= 0.6 is 0 Å². The molecule has 2 heterocycles. The zero-order chi connectivity index (χ0) is 23.4. The molecule has 9 heteroatoms. The summed E-state index contributed by atoms with van der Waals surface area (Å²) in [5, 5.41) is 7.15. The molecule has 0 aliphatic heterocycles. The van der Waals surface area contributed by atoms with Crippen molar-refractivity contribution in [2.24, 2.45) is 12.8 Å². The molecule has 0 saturated heterocycles. The summed E-state index contributed by atoms with van der Waals surface area (Å²) in [5.74, 6) is 1.22. The lowest BCUT2D eigenvalue weighted by atomic mass is 10.1. The quantitative estimate of drug-likeness (QED) is 0.420. The van der Waals surface area contributed by atoms with Gasteiger partial charge in [0.2, 0.25) is 5.88 Å². The molecule has 4 aromatic rings. The van der Waals surface area contributed by atoms with E-state index in [2.05, 4.69) is 20.4 Å². The molecule has 33 heavy (non-hydrogen) atoms. The molecule has 3 N–H and O–H groups in total. The fraction of sp³-hybridized carbons (Fsp3) is 0.167. The second-order valence-electron chi connectivity index (χ2n) is 7.27. The van der Waals surface area contributed by atoms with Gasteiger partial charge < -0.3 is 20.5 Å². The van der Waals surface area contributed by atoms with Crippen LogP contribution in [0, 0.1) is 0 Å². The highest BCUT2D eigenvalue weighted by molar-refractivity contribution is 5.96. The van der Waals surface area contributed by atoms with Crippen molar-refractivity contribution in [2.45, 2.75) is 13.3 Å². The average molecular weight is 444 g/mol. The van der Waals surface area contributed by atoms with E-state index in [4.69, 9.17) is 15.2 Å². The van der Waals surface area contributed by atoms with Crippen molar-refractivity contribution in [1.82, 2.24) is 19.7 Å². The summed E-state index contributed by atoms with van der Waals surface area (Å²) in [4.78, 5) is 20.9. The third kappa shape index (κ3) is 4.93. The molecule has 2 aromatic carbocycles. The largest absolute Gasteiger partial charge is 0.497 e. The smallest absolute Gasteiger partial charge is 0.271 e. The molecule has 1 amide bonds. The van der Waals surface area contributed by atoms with Crippen LogP contribution in [0.1, 0.15) is 23.1 Å². The summed E-state index contributed by atoms with van der Waals surface area (Å²) in [5.41, 5.74) is 8.85. The van der Waals surface area contributed by atoms with Crippen molar-refractivity contribution in [3.05, 3.63) is 72.3 Å². The second kappa shape index (κ2) is 9.39. The lowest BCUT2D eigenvalue weighted by Crippen LogP contribution is -2.18. The van der Waals surface area contributed by atoms with Gasteiger partial charge in [-0.1, -0.05) is 31.2 Å². The van der Waals surface area contributed by atoms with E-state index in [-0.39, 0.29) is 11.5 Å². The fourth-order valence-electron chi connectivity index (χ4n) is 3.26. The van der Waals surface area contributed by atoms with E-state index in [9.17, 15) is 4.79 Å². The van der Waals surface area contributed by atoms with E-state index < -0.39 is 5.91 Å². The van der Waals surface area contributed by atoms with Crippen LogP contribution in [0.2, 0.25) is 0 Å². The number of primary amides is 1. The highest BCUT2D eigenvalue weighted by Gasteiger charge is 2.19. The van der Waals surface area contributed by atoms with Crippen LogP contribution in [0.5, 0.6) is 17.4 Å². The van der Waals surface area contributed by atoms with Crippen molar-refractivity contribution < 1.29 is 14.3 Å². The Morgan fingerprint density at radius 2 is 1.67 bits per heavy atom. The fourth-order valence-corrected chi connectivity index (χ4v) is 3.26. The van der Waals surface area contributed by atoms with Crippen LogP contribution < -0.4 is 20.5 Å². The minimum absolute atomic E-state index is 0.0397. The molecule has 168 valence electrons. The molecular formula is C24H24N6O3. The number of ether oxygens (including phenoxy) is 2. The van der Waals surface area contributed by atoms with E-state index in [0.717, 1.165) is 16.9 Å². The number of methoxy groups -OCH3 is 1. The first-order valence-corrected chi connectivity index (χ1v) is 10.4. The Labute approximate surface area is 191 Å². The summed E-state index contributed by atoms with van der Waals surface area (Å²) >= 11 is 0. The second-order valence-corrected chi connectivity index (χ2v) is 7.27. The number of aryl methyl sites for hydroxylation is 2. The number of hydrogen-bond acceptors (Lipinski definition) is 7. The van der Waals surface area contributed by atoms with Gasteiger partial charge in [0, 0.05) is 13.2 Å². The first-order chi connectivity index (χ1) is 16.0. The number of aromatic nitrogens is 4. The number of hydrogen-bond donors (Lipinski definition) is 2. The maximum atomic E-state index is 12.0. The predicted octanol–water partition coefficient (Wildman–Crippen LogP) is 4.08. The Hall–Kier alpha value is -4.40. The van der Waals surface area contributed by atoms with Gasteiger partial charge in [-0.15, -0.1) is 0 Å². The molecule has 0 spiro atoms. The van der Waals surface area contributed by atoms with E-state index >= 15 is 0 Å². The molecule has 0 atom stereocenters. The van der Waals surface area contributed by atoms with Crippen molar-refractivity contribution >= 4 is 17.4 Å². The molecule has 0 bridgehead atoms. The van der Waals surface area contributed by atoms with Gasteiger partial charge in [0.05, 0.1) is 19.0 Å². The number of nitrogens with one attached hydrogen (secondary N) is 1. The molecule has 0 fully saturated rings. The summed E-state index contributed by atoms with van der Waals surface area (Å²) in [7, 11) is 3.43. The average Bonchev–Trinajstić information content (AvgIpc) is 3.24. The van der Waals surface area contributed by atoms with Crippen molar-refractivity contribution in [1.29, 1.82) is 0 Å². The zero-order valence-corrected chi connectivity index (χ0v) is 18.6. The number of amides is 1. The summed E-state index contributed by atoms with van der Waals surface area (Å²) in [6.45, 7) is 1.91. The third-order valence-corrected chi connectivity index (χ3v) is 4.96. The number of nitrogens with zero attached hydrogens (tertiary/aromatic N) is 4. The highest BCUT2D eigenvalue weighted by Crippen LogP contribution is 2.30. The first kappa shape index (κ1) is 21.8. The van der Waals surface area contributed by atoms with E-state index in [0.29, 0.717) is 29.4 Å². The van der Waals surface area contributed by atoms with Crippen molar-refractivity contribution in [3.63, 3.8) is 0 Å². The Balaban J connectivity index is 1.62. The van der Waals surface area contributed by atoms with Gasteiger partial charge in [-0.25, -0.2) is 4.98 Å². The summed E-state index contributed by atoms with van der Waals surface area (Å²) in [6, 6.07) is 15.5. The number of carbonyl (C=O) groups excluding carboxylic acids is 1. The van der Waals surface area contributed by atoms with Crippen LogP contribution in [0.4, 0.5) is 11.5 Å². The normalized spacial score (nSPS) is 10.6. The Kier molecular flexibility index (Phi) is 6.21. The minimum atomic E-state index is -0.681. The molecule has 0 saturated carbocycles. The SMILES string of the molecule is CCc1nc(C(N)=O)c(Nc2cnn(C)c2)nc1Oc1ccc(-c2ccc(OC)cc2)cc1. The van der Waals surface area contributed by atoms with E-state index in [1.54, 1.807) is 31.2 Å². The molecule has 9 nitrogen and oxygen atoms in total. The van der Waals surface area contributed by atoms with Crippen molar-refractivity contribution in [2.75, 3.05) is 12.4 Å². The molecule has 4 rings (SSSR count). The number of benzene rings is 2. The van der Waals surface area contributed by atoms with Crippen LogP contribution in [0.3, 0.4) is 0 Å². The van der Waals surface area contributed by atoms with Crippen LogP contribution in [0.25, 0.3) is 11.1 Å². The Bertz CT molecular complexity index is 1270. The molecule has 2 aromatic heterocycles. The molecule has 0 radical (unpaired) electrons. The summed E-state index contributed by atoms with van der Waals surface area (Å²) < 4.78 is 12.9. The van der Waals surface area contributed by atoms with Gasteiger partial charge in [-0.2, -0.15) is 10.1 Å². The lowest BCUT2D eigenvalue weighted by molar-refractivity contribution is 0.0996. The monoisotopic (exact) mass is 444 g/mol. The van der Waals surface area contributed by atoms with Crippen LogP contribution in [0.15, 0.2) is 60.9 Å². The van der Waals surface area contributed by atoms with Crippen LogP contribution in [-0.2, 0) is 13.5 Å². The number of nitrogens with two attached hydrogens (primary N) is 1. The van der Waals surface area contributed by atoms with Gasteiger partial charge in [0.1, 0.15) is 17.2 Å². The standard InChI is InChI=1S/C24H24N6O3/c1-4-20-24(29-23(21(28-20)22(25)31)27-17-13-26-30(2)14-17)33-19-11-7-16(8-12-19)15-5-9-18(32-3)10-6-15/h5-14H,4H2,1-3H3,(H2,25,31)(H,27,29). The maximum absolute atomic E-state index is 12.0. The topological polar surface area (TPSA) is 117 Å². The lowest BCUT2D eigenvalue weighted by Gasteiger charge is -2.14. The van der Waals surface area contributed by atoms with E-state index in [1.165, 1.54) is 0 Å². The molecular weight excluding hydrogens is 420 g/mol. The third-order valence-electron chi connectivity index (χ3n) is 4.96. The summed E-state index contributed by atoms with van der Waals surface area (Å²) in [6.07, 6.45) is 3.87. The van der Waals surface area contributed by atoms with Crippen molar-refractivity contribution in [3.8, 4) is 28.5 Å². The van der Waals surface area contributed by atoms with Gasteiger partial charge in [0.25, 0.3) is 5.91 Å². The predicted molar refractivity (Wildman–Crippen MR) is 125 cm³/mol. The van der Waals surface area contributed by atoms with Crippen LogP contribution in [-0.4, -0.2) is 32.8 Å². The molecule has 0 unspecified atom stereocenters. The first-order valence-electron chi connectivity index (χ1n) is 10.4. The Morgan fingerprint density at radius 3 is 2.18 bits per heavy atom. The molecule has 0 aliphatic carbocycles. The van der Waals surface area contributed by atoms with Gasteiger partial charge >= 0.3 is 0 Å².